The first kappa shape index (κ1) is 13.9. The normalized spacial score (nSPS) is 34.7. The molecule has 0 radical (unpaired) electrons. The second-order valence-corrected chi connectivity index (χ2v) is 4.78. The van der Waals surface area contributed by atoms with Gasteiger partial charge in [-0.05, 0) is 13.8 Å². The fourth-order valence-electron chi connectivity index (χ4n) is 2.12. The minimum atomic E-state index is -2.26. The van der Waals surface area contributed by atoms with Crippen molar-refractivity contribution in [3.8, 4) is 0 Å². The van der Waals surface area contributed by atoms with Gasteiger partial charge in [-0.1, -0.05) is 0 Å². The van der Waals surface area contributed by atoms with Crippen molar-refractivity contribution in [2.75, 3.05) is 6.61 Å². The quantitative estimate of drug-likeness (QED) is 0.630. The maximum atomic E-state index is 14.5. The molecular formula is C11H15FN2O5. The van der Waals surface area contributed by atoms with Crippen LogP contribution in [0.3, 0.4) is 0 Å². The summed E-state index contributed by atoms with van der Waals surface area (Å²) < 4.78 is 20.5. The van der Waals surface area contributed by atoms with E-state index in [-0.39, 0.29) is 5.56 Å². The van der Waals surface area contributed by atoms with Crippen LogP contribution in [0.4, 0.5) is 4.39 Å². The van der Waals surface area contributed by atoms with Gasteiger partial charge in [-0.2, -0.15) is 0 Å². The molecule has 3 N–H and O–H groups in total. The van der Waals surface area contributed by atoms with Crippen molar-refractivity contribution in [1.82, 2.24) is 9.55 Å². The largest absolute Gasteiger partial charge is 0.394 e. The highest BCUT2D eigenvalue weighted by atomic mass is 19.1. The summed E-state index contributed by atoms with van der Waals surface area (Å²) in [5, 5.41) is 18.7. The molecule has 1 fully saturated rings. The van der Waals surface area contributed by atoms with E-state index in [1.54, 1.807) is 0 Å². The van der Waals surface area contributed by atoms with Crippen molar-refractivity contribution < 1.29 is 19.3 Å². The third-order valence-electron chi connectivity index (χ3n) is 3.30. The minimum Gasteiger partial charge on any atom is -0.394 e. The maximum Gasteiger partial charge on any atom is 0.330 e. The monoisotopic (exact) mass is 274 g/mol. The summed E-state index contributed by atoms with van der Waals surface area (Å²) in [6.45, 7) is 1.96. The van der Waals surface area contributed by atoms with Crippen molar-refractivity contribution >= 4 is 0 Å². The topological polar surface area (TPSA) is 105 Å². The van der Waals surface area contributed by atoms with Crippen molar-refractivity contribution in [1.29, 1.82) is 0 Å². The lowest BCUT2D eigenvalue weighted by molar-refractivity contribution is -0.0612. The fourth-order valence-corrected chi connectivity index (χ4v) is 2.12. The van der Waals surface area contributed by atoms with Crippen LogP contribution < -0.4 is 11.2 Å². The molecule has 8 heteroatoms. The zero-order valence-corrected chi connectivity index (χ0v) is 10.5. The van der Waals surface area contributed by atoms with E-state index in [0.29, 0.717) is 0 Å². The molecule has 1 aromatic rings. The predicted octanol–water partition coefficient (Wildman–Crippen LogP) is -1.18. The maximum absolute atomic E-state index is 14.5. The second-order valence-electron chi connectivity index (χ2n) is 4.78. The Labute approximate surface area is 107 Å². The lowest BCUT2D eigenvalue weighted by atomic mass is 9.98. The van der Waals surface area contributed by atoms with Gasteiger partial charge in [0.05, 0.1) is 6.61 Å². The Morgan fingerprint density at radius 3 is 2.74 bits per heavy atom. The van der Waals surface area contributed by atoms with Gasteiger partial charge >= 0.3 is 5.69 Å². The number of aryl methyl sites for hydroxylation is 1. The molecule has 7 nitrogen and oxygen atoms in total. The Morgan fingerprint density at radius 1 is 1.58 bits per heavy atom. The molecule has 1 aliphatic heterocycles. The third kappa shape index (κ3) is 2.11. The molecule has 0 bridgehead atoms. The molecule has 2 unspecified atom stereocenters. The molecule has 1 saturated heterocycles. The second kappa shape index (κ2) is 4.55. The van der Waals surface area contributed by atoms with Crippen molar-refractivity contribution in [2.45, 2.75) is 38.0 Å². The van der Waals surface area contributed by atoms with Gasteiger partial charge < -0.3 is 14.9 Å². The number of rotatable bonds is 2. The molecule has 1 aliphatic rings. The van der Waals surface area contributed by atoms with Gasteiger partial charge in [-0.25, -0.2) is 9.18 Å². The highest BCUT2D eigenvalue weighted by Crippen LogP contribution is 2.40. The minimum absolute atomic E-state index is 0.209. The SMILES string of the molecule is Cc1cn([C@@H]2O[C@H](CO)C(O)C2(C)F)c(=O)[nH]c1=O. The molecule has 4 atom stereocenters. The van der Waals surface area contributed by atoms with Crippen molar-refractivity contribution in [3.63, 3.8) is 0 Å². The van der Waals surface area contributed by atoms with Crippen LogP contribution in [0.2, 0.25) is 0 Å². The number of H-pyrrole nitrogens is 1. The molecule has 1 aromatic heterocycles. The number of aromatic amines is 1. The standard InChI is InChI=1S/C11H15FN2O5/c1-5-3-14(10(18)13-8(5)17)9-11(2,12)7(16)6(4-15)19-9/h3,6-7,9,15-16H,4H2,1-2H3,(H,13,17,18)/t6-,7?,9-,11?/m1/s1. The molecule has 106 valence electrons. The lowest BCUT2D eigenvalue weighted by Crippen LogP contribution is -2.44. The van der Waals surface area contributed by atoms with E-state index >= 15 is 0 Å². The molecule has 0 aromatic carbocycles. The summed E-state index contributed by atoms with van der Waals surface area (Å²) >= 11 is 0. The van der Waals surface area contributed by atoms with Crippen LogP contribution in [0.25, 0.3) is 0 Å². The Morgan fingerprint density at radius 2 is 2.21 bits per heavy atom. The average molecular weight is 274 g/mol. The number of ether oxygens (including phenoxy) is 1. The zero-order valence-electron chi connectivity index (χ0n) is 10.5. The van der Waals surface area contributed by atoms with E-state index in [4.69, 9.17) is 9.84 Å². The Balaban J connectivity index is 2.51. The molecule has 0 aliphatic carbocycles. The average Bonchev–Trinajstić information content (AvgIpc) is 2.56. The number of alkyl halides is 1. The number of nitrogens with one attached hydrogen (secondary N) is 1. The summed E-state index contributed by atoms with van der Waals surface area (Å²) in [6.07, 6.45) is -2.95. The molecule has 2 rings (SSSR count). The van der Waals surface area contributed by atoms with Crippen LogP contribution in [0.5, 0.6) is 0 Å². The van der Waals surface area contributed by atoms with Gasteiger partial charge in [-0.15, -0.1) is 0 Å². The Hall–Kier alpha value is -1.51. The summed E-state index contributed by atoms with van der Waals surface area (Å²) in [5.74, 6) is 0. The van der Waals surface area contributed by atoms with Crippen LogP contribution in [0.15, 0.2) is 15.8 Å². The van der Waals surface area contributed by atoms with Crippen LogP contribution in [0, 0.1) is 6.92 Å². The van der Waals surface area contributed by atoms with Gasteiger partial charge in [0.1, 0.15) is 12.2 Å². The summed E-state index contributed by atoms with van der Waals surface area (Å²) in [5.41, 5.74) is -3.46. The lowest BCUT2D eigenvalue weighted by Gasteiger charge is -2.24. The summed E-state index contributed by atoms with van der Waals surface area (Å²) in [4.78, 5) is 25.0. The van der Waals surface area contributed by atoms with Crippen molar-refractivity contribution in [3.05, 3.63) is 32.6 Å². The van der Waals surface area contributed by atoms with E-state index in [0.717, 1.165) is 17.7 Å². The van der Waals surface area contributed by atoms with E-state index in [9.17, 15) is 19.1 Å². The molecule has 0 spiro atoms. The van der Waals surface area contributed by atoms with Gasteiger partial charge in [0.25, 0.3) is 5.56 Å². The Kier molecular flexibility index (Phi) is 3.33. The highest BCUT2D eigenvalue weighted by molar-refractivity contribution is 5.06. The smallest absolute Gasteiger partial charge is 0.330 e. The van der Waals surface area contributed by atoms with Gasteiger partial charge in [-0.3, -0.25) is 14.3 Å². The number of hydrogen-bond donors (Lipinski definition) is 3. The first-order chi connectivity index (χ1) is 8.78. The van der Waals surface area contributed by atoms with Crippen LogP contribution in [-0.2, 0) is 4.74 Å². The molecule has 0 saturated carbocycles. The summed E-state index contributed by atoms with van der Waals surface area (Å²) in [6, 6.07) is 0. The number of aromatic nitrogens is 2. The third-order valence-corrected chi connectivity index (χ3v) is 3.30. The Bertz CT molecular complexity index is 593. The van der Waals surface area contributed by atoms with Gasteiger partial charge in [0, 0.05) is 11.8 Å². The van der Waals surface area contributed by atoms with Crippen LogP contribution >= 0.6 is 0 Å². The first-order valence-corrected chi connectivity index (χ1v) is 5.74. The molecule has 2 heterocycles. The fraction of sp³-hybridized carbons (Fsp3) is 0.636. The van der Waals surface area contributed by atoms with E-state index in [1.165, 1.54) is 6.92 Å². The van der Waals surface area contributed by atoms with Crippen molar-refractivity contribution in [2.24, 2.45) is 0 Å². The number of halogens is 1. The molecule has 19 heavy (non-hydrogen) atoms. The number of aliphatic hydroxyl groups is 2. The predicted molar refractivity (Wildman–Crippen MR) is 62.6 cm³/mol. The molecule has 0 amide bonds. The van der Waals surface area contributed by atoms with Crippen LogP contribution in [0.1, 0.15) is 18.7 Å². The summed E-state index contributed by atoms with van der Waals surface area (Å²) in [7, 11) is 0. The first-order valence-electron chi connectivity index (χ1n) is 5.74. The van der Waals surface area contributed by atoms with E-state index in [1.807, 2.05) is 4.98 Å². The van der Waals surface area contributed by atoms with E-state index in [2.05, 4.69) is 0 Å². The van der Waals surface area contributed by atoms with E-state index < -0.39 is 42.0 Å². The van der Waals surface area contributed by atoms with Gasteiger partial charge in [0.2, 0.25) is 0 Å². The van der Waals surface area contributed by atoms with Crippen LogP contribution in [-0.4, -0.2) is 44.2 Å². The molecular weight excluding hydrogens is 259 g/mol. The highest BCUT2D eigenvalue weighted by Gasteiger charge is 2.55. The zero-order chi connectivity index (χ0) is 14.4. The number of aliphatic hydroxyl groups excluding tert-OH is 2. The number of nitrogens with zero attached hydrogens (tertiary/aromatic N) is 1. The number of hydrogen-bond acceptors (Lipinski definition) is 5. The van der Waals surface area contributed by atoms with Gasteiger partial charge in [0.15, 0.2) is 11.9 Å².